The maximum absolute atomic E-state index is 14.6. The molecule has 3 heterocycles. The molecule has 1 amide bonds. The predicted octanol–water partition coefficient (Wildman–Crippen LogP) is 5.30. The summed E-state index contributed by atoms with van der Waals surface area (Å²) in [6.07, 6.45) is 0. The number of amides is 1. The number of hydrogen-bond acceptors (Lipinski definition) is 5. The van der Waals surface area contributed by atoms with Crippen molar-refractivity contribution >= 4 is 34.8 Å². The van der Waals surface area contributed by atoms with Gasteiger partial charge in [-0.25, -0.2) is 0 Å². The molecule has 0 radical (unpaired) electrons. The number of nitrogens with zero attached hydrogens (tertiary/aromatic N) is 3. The van der Waals surface area contributed by atoms with Crippen LogP contribution >= 0.6 is 23.2 Å². The molecule has 1 aromatic heterocycles. The molecule has 3 N–H and O–H groups in total. The number of benzene rings is 3. The molecule has 36 heavy (non-hydrogen) atoms. The lowest BCUT2D eigenvalue weighted by Crippen LogP contribution is -2.45. The van der Waals surface area contributed by atoms with Crippen molar-refractivity contribution in [2.45, 2.75) is 12.0 Å². The number of fused-ring (bicyclic) bond motifs is 4. The highest BCUT2D eigenvalue weighted by Crippen LogP contribution is 2.57. The van der Waals surface area contributed by atoms with Crippen molar-refractivity contribution in [1.29, 1.82) is 5.26 Å². The number of rotatable bonds is 3. The summed E-state index contributed by atoms with van der Waals surface area (Å²) in [7, 11) is 0. The lowest BCUT2D eigenvalue weighted by atomic mass is 9.68. The van der Waals surface area contributed by atoms with Crippen LogP contribution in [0.1, 0.15) is 16.7 Å². The molecule has 0 saturated carbocycles. The van der Waals surface area contributed by atoms with E-state index in [9.17, 15) is 10.1 Å². The Kier molecular flexibility index (Phi) is 5.04. The number of nitrogens with two attached hydrogens (primary N) is 1. The second-order valence-corrected chi connectivity index (χ2v) is 9.34. The Morgan fingerprint density at radius 2 is 1.83 bits per heavy atom. The van der Waals surface area contributed by atoms with E-state index in [0.717, 1.165) is 5.56 Å². The van der Waals surface area contributed by atoms with E-state index in [1.165, 1.54) is 0 Å². The van der Waals surface area contributed by atoms with Crippen LogP contribution in [0.15, 0.2) is 84.3 Å². The van der Waals surface area contributed by atoms with Crippen molar-refractivity contribution in [2.75, 3.05) is 4.90 Å². The fourth-order valence-electron chi connectivity index (χ4n) is 5.08. The summed E-state index contributed by atoms with van der Waals surface area (Å²) in [5.41, 5.74) is 8.46. The number of anilines is 1. The number of para-hydroxylation sites is 1. The Morgan fingerprint density at radius 3 is 2.58 bits per heavy atom. The maximum atomic E-state index is 14.6. The van der Waals surface area contributed by atoms with Crippen LogP contribution in [0, 0.1) is 11.3 Å². The van der Waals surface area contributed by atoms with Gasteiger partial charge in [0.15, 0.2) is 0 Å². The van der Waals surface area contributed by atoms with E-state index in [1.54, 1.807) is 23.1 Å². The number of carbonyl (C=O) groups excluding carboxylic acids is 1. The Balaban J connectivity index is 1.63. The zero-order valence-corrected chi connectivity index (χ0v) is 20.1. The van der Waals surface area contributed by atoms with Gasteiger partial charge < -0.3 is 15.4 Å². The van der Waals surface area contributed by atoms with Crippen LogP contribution in [0.5, 0.6) is 5.88 Å². The number of nitrogens with one attached hydrogen (secondary N) is 1. The second kappa shape index (κ2) is 8.16. The molecule has 2 aliphatic heterocycles. The average Bonchev–Trinajstić information content (AvgIpc) is 3.40. The minimum absolute atomic E-state index is 0.00994. The Morgan fingerprint density at radius 1 is 1.08 bits per heavy atom. The van der Waals surface area contributed by atoms with Crippen LogP contribution < -0.4 is 15.4 Å². The van der Waals surface area contributed by atoms with Crippen LogP contribution in [0.2, 0.25) is 10.0 Å². The molecule has 0 bridgehead atoms. The summed E-state index contributed by atoms with van der Waals surface area (Å²) < 4.78 is 5.76. The van der Waals surface area contributed by atoms with E-state index >= 15 is 0 Å². The van der Waals surface area contributed by atoms with Crippen molar-refractivity contribution in [3.05, 3.63) is 111 Å². The van der Waals surface area contributed by atoms with E-state index in [-0.39, 0.29) is 29.8 Å². The van der Waals surface area contributed by atoms with Crippen LogP contribution in [0.4, 0.5) is 5.69 Å². The first kappa shape index (κ1) is 22.2. The summed E-state index contributed by atoms with van der Waals surface area (Å²) >= 11 is 12.6. The molecule has 176 valence electrons. The Bertz CT molecular complexity index is 1620. The molecule has 0 saturated heterocycles. The second-order valence-electron chi connectivity index (χ2n) is 8.49. The summed E-state index contributed by atoms with van der Waals surface area (Å²) in [4.78, 5) is 16.2. The highest BCUT2D eigenvalue weighted by molar-refractivity contribution is 6.35. The van der Waals surface area contributed by atoms with Gasteiger partial charge in [0.05, 0.1) is 17.8 Å². The highest BCUT2D eigenvalue weighted by Gasteiger charge is 2.61. The SMILES string of the molecule is N#CC1=C(N)Oc2n[nH]c(-c3ccccc3)c2C12C(=O)N(Cc1ccc(Cl)cc1Cl)c1ccccc12. The number of nitriles is 1. The van der Waals surface area contributed by atoms with Crippen molar-refractivity contribution in [2.24, 2.45) is 5.73 Å². The summed E-state index contributed by atoms with van der Waals surface area (Å²) in [6.45, 7) is 0.168. The summed E-state index contributed by atoms with van der Waals surface area (Å²) in [5, 5.41) is 18.6. The molecule has 3 aromatic carbocycles. The van der Waals surface area contributed by atoms with Gasteiger partial charge in [-0.05, 0) is 23.8 Å². The molecule has 1 atom stereocenters. The highest BCUT2D eigenvalue weighted by atomic mass is 35.5. The Hall–Kier alpha value is -4.25. The lowest BCUT2D eigenvalue weighted by Gasteiger charge is -2.33. The zero-order valence-electron chi connectivity index (χ0n) is 18.6. The van der Waals surface area contributed by atoms with Gasteiger partial charge in [0.1, 0.15) is 17.1 Å². The number of aromatic amines is 1. The van der Waals surface area contributed by atoms with Crippen molar-refractivity contribution in [3.63, 3.8) is 0 Å². The molecule has 7 nitrogen and oxygen atoms in total. The van der Waals surface area contributed by atoms with E-state index in [0.29, 0.717) is 38.1 Å². The van der Waals surface area contributed by atoms with Gasteiger partial charge in [0.2, 0.25) is 17.7 Å². The fourth-order valence-corrected chi connectivity index (χ4v) is 5.55. The van der Waals surface area contributed by atoms with E-state index < -0.39 is 5.41 Å². The first-order chi connectivity index (χ1) is 17.5. The van der Waals surface area contributed by atoms with Gasteiger partial charge in [-0.2, -0.15) is 5.26 Å². The maximum Gasteiger partial charge on any atom is 0.248 e. The number of H-pyrrole nitrogens is 1. The number of hydrogen-bond donors (Lipinski definition) is 2. The van der Waals surface area contributed by atoms with Crippen LogP contribution in [-0.2, 0) is 16.8 Å². The third-order valence-electron chi connectivity index (χ3n) is 6.62. The van der Waals surface area contributed by atoms with Crippen molar-refractivity contribution in [3.8, 4) is 23.2 Å². The molecule has 1 unspecified atom stereocenters. The molecule has 6 rings (SSSR count). The minimum Gasteiger partial charge on any atom is -0.420 e. The quantitative estimate of drug-likeness (QED) is 0.386. The molecule has 9 heteroatoms. The number of ether oxygens (including phenoxy) is 1. The fraction of sp³-hybridized carbons (Fsp3) is 0.0741. The van der Waals surface area contributed by atoms with Crippen molar-refractivity contribution in [1.82, 2.24) is 10.2 Å². The number of aromatic nitrogens is 2. The molecular weight excluding hydrogens is 497 g/mol. The third kappa shape index (κ3) is 2.99. The van der Waals surface area contributed by atoms with Gasteiger partial charge in [0.25, 0.3) is 0 Å². The number of halogens is 2. The average molecular weight is 514 g/mol. The Labute approximate surface area is 216 Å². The van der Waals surface area contributed by atoms with Crippen LogP contribution in [0.3, 0.4) is 0 Å². The third-order valence-corrected chi connectivity index (χ3v) is 7.21. The lowest BCUT2D eigenvalue weighted by molar-refractivity contribution is -0.121. The summed E-state index contributed by atoms with van der Waals surface area (Å²) in [5.74, 6) is -0.358. The topological polar surface area (TPSA) is 108 Å². The van der Waals surface area contributed by atoms with Crippen LogP contribution in [-0.4, -0.2) is 16.1 Å². The smallest absolute Gasteiger partial charge is 0.248 e. The van der Waals surface area contributed by atoms with E-state index in [4.69, 9.17) is 33.7 Å². The van der Waals surface area contributed by atoms with Gasteiger partial charge in [-0.15, -0.1) is 5.10 Å². The van der Waals surface area contributed by atoms with Gasteiger partial charge in [0, 0.05) is 26.9 Å². The monoisotopic (exact) mass is 513 g/mol. The molecule has 1 spiro atoms. The van der Waals surface area contributed by atoms with Gasteiger partial charge in [-0.1, -0.05) is 77.8 Å². The van der Waals surface area contributed by atoms with E-state index in [1.807, 2.05) is 54.6 Å². The van der Waals surface area contributed by atoms with Gasteiger partial charge >= 0.3 is 0 Å². The predicted molar refractivity (Wildman–Crippen MR) is 136 cm³/mol. The standard InChI is InChI=1S/C27H17Cl2N5O2/c28-17-11-10-16(20(29)12-17)14-34-21-9-5-4-8-18(21)27(26(34)35)19(13-30)24(31)36-25-22(27)23(32-33-25)15-6-2-1-3-7-15/h1-12H,14,31H2,(H,32,33). The normalized spacial score (nSPS) is 18.1. The molecular formula is C27H17Cl2N5O2. The molecule has 2 aliphatic rings. The summed E-state index contributed by atoms with van der Waals surface area (Å²) in [6, 6.07) is 24.1. The van der Waals surface area contributed by atoms with Crippen molar-refractivity contribution < 1.29 is 9.53 Å². The largest absolute Gasteiger partial charge is 0.420 e. The minimum atomic E-state index is -1.56. The van der Waals surface area contributed by atoms with Gasteiger partial charge in [-0.3, -0.25) is 9.89 Å². The first-order valence-corrected chi connectivity index (χ1v) is 11.8. The molecule has 0 fully saturated rings. The zero-order chi connectivity index (χ0) is 25.0. The van der Waals surface area contributed by atoms with E-state index in [2.05, 4.69) is 16.3 Å². The number of carbonyl (C=O) groups is 1. The first-order valence-electron chi connectivity index (χ1n) is 11.0. The molecule has 4 aromatic rings. The molecule has 0 aliphatic carbocycles. The van der Waals surface area contributed by atoms with Crippen LogP contribution in [0.25, 0.3) is 11.3 Å².